The second kappa shape index (κ2) is 6.50. The van der Waals surface area contributed by atoms with Gasteiger partial charge in [-0.05, 0) is 36.1 Å². The Balaban J connectivity index is 0.000000882. The molecule has 4 heteroatoms. The molecule has 4 rings (SSSR count). The van der Waals surface area contributed by atoms with Crippen LogP contribution < -0.4 is 26.6 Å². The quantitative estimate of drug-likeness (QED) is 0.620. The molecule has 2 aliphatic carbocycles. The molecule has 1 saturated carbocycles. The number of ether oxygens (including phenoxy) is 1. The van der Waals surface area contributed by atoms with Crippen molar-refractivity contribution < 1.29 is 32.1 Å². The number of halogens is 1. The lowest BCUT2D eigenvalue weighted by Crippen LogP contribution is -3.16. The summed E-state index contributed by atoms with van der Waals surface area (Å²) in [7, 11) is 4.21. The van der Waals surface area contributed by atoms with Crippen LogP contribution in [0, 0.1) is 5.92 Å². The van der Waals surface area contributed by atoms with Crippen molar-refractivity contribution in [2.24, 2.45) is 5.92 Å². The maximum Gasteiger partial charge on any atom is 0.119 e. The van der Waals surface area contributed by atoms with Gasteiger partial charge in [-0.25, -0.2) is 0 Å². The van der Waals surface area contributed by atoms with Crippen molar-refractivity contribution >= 4 is 0 Å². The van der Waals surface area contributed by atoms with Crippen molar-refractivity contribution in [3.63, 3.8) is 0 Å². The molecular formula is C18H28BrNO2. The van der Waals surface area contributed by atoms with E-state index in [4.69, 9.17) is 4.74 Å². The van der Waals surface area contributed by atoms with Gasteiger partial charge in [0.25, 0.3) is 0 Å². The molecule has 22 heavy (non-hydrogen) atoms. The zero-order valence-corrected chi connectivity index (χ0v) is 15.2. The standard InChI is InChI=1S/C18H25NO.BrH.H2O/c1-19-10-9-18-8-4-3-5-15(18)17(19)11-13-6-7-14(20-2)12-16(13)18;;/h6-7,12,15,17H,3-5,8-11H2,1-2H3;1H;1H2. The van der Waals surface area contributed by atoms with Gasteiger partial charge in [0, 0.05) is 24.2 Å². The Bertz CT molecular complexity index is 536. The van der Waals surface area contributed by atoms with Crippen molar-refractivity contribution in [2.75, 3.05) is 20.7 Å². The summed E-state index contributed by atoms with van der Waals surface area (Å²) >= 11 is 0. The Morgan fingerprint density at radius 2 is 2.05 bits per heavy atom. The zero-order chi connectivity index (χ0) is 13.7. The van der Waals surface area contributed by atoms with Gasteiger partial charge in [0.2, 0.25) is 0 Å². The predicted molar refractivity (Wildman–Crippen MR) is 84.1 cm³/mol. The molecule has 4 atom stereocenters. The van der Waals surface area contributed by atoms with E-state index in [0.29, 0.717) is 5.41 Å². The van der Waals surface area contributed by atoms with E-state index in [9.17, 15) is 0 Å². The molecule has 3 nitrogen and oxygen atoms in total. The van der Waals surface area contributed by atoms with Crippen LogP contribution in [0.5, 0.6) is 5.75 Å². The number of piperidine rings is 1. The molecule has 0 spiro atoms. The first kappa shape index (κ1) is 17.8. The van der Waals surface area contributed by atoms with Crippen LogP contribution in [0.1, 0.15) is 43.2 Å². The molecule has 1 saturated heterocycles. The first-order chi connectivity index (χ1) is 9.74. The fourth-order valence-corrected chi connectivity index (χ4v) is 5.46. The molecule has 0 radical (unpaired) electrons. The van der Waals surface area contributed by atoms with Crippen LogP contribution in [0.3, 0.4) is 0 Å². The fraction of sp³-hybridized carbons (Fsp3) is 0.667. The summed E-state index contributed by atoms with van der Waals surface area (Å²) in [6.45, 7) is 1.35. The normalized spacial score (nSPS) is 35.3. The molecule has 124 valence electrons. The number of likely N-dealkylation sites (tertiary alicyclic amines) is 1. The minimum Gasteiger partial charge on any atom is -1.00 e. The average Bonchev–Trinajstić information content (AvgIpc) is 2.50. The van der Waals surface area contributed by atoms with Crippen LogP contribution in [0.2, 0.25) is 0 Å². The summed E-state index contributed by atoms with van der Waals surface area (Å²) in [4.78, 5) is 1.77. The van der Waals surface area contributed by atoms with E-state index in [2.05, 4.69) is 25.2 Å². The average molecular weight is 370 g/mol. The van der Waals surface area contributed by atoms with Crippen molar-refractivity contribution in [2.45, 2.75) is 50.0 Å². The van der Waals surface area contributed by atoms with Gasteiger partial charge in [-0.15, -0.1) is 0 Å². The second-order valence-electron chi connectivity index (χ2n) is 7.19. The molecule has 1 heterocycles. The first-order valence-corrected chi connectivity index (χ1v) is 8.24. The monoisotopic (exact) mass is 369 g/mol. The third kappa shape index (κ3) is 2.40. The second-order valence-corrected chi connectivity index (χ2v) is 7.19. The van der Waals surface area contributed by atoms with Gasteiger partial charge in [-0.3, -0.25) is 0 Å². The first-order valence-electron chi connectivity index (χ1n) is 8.24. The van der Waals surface area contributed by atoms with E-state index >= 15 is 0 Å². The van der Waals surface area contributed by atoms with Crippen molar-refractivity contribution in [3.05, 3.63) is 29.3 Å². The SMILES string of the molecule is COc1ccc2c(c1)C13CCCCC1C(C2)[NH+](C)CC3.O.[Br-]. The van der Waals surface area contributed by atoms with Crippen molar-refractivity contribution in [1.29, 1.82) is 0 Å². The Kier molecular flexibility index (Phi) is 5.25. The Hall–Kier alpha value is -0.580. The van der Waals surface area contributed by atoms with E-state index in [1.165, 1.54) is 45.1 Å². The number of benzene rings is 1. The number of quaternary nitrogens is 1. The van der Waals surface area contributed by atoms with Gasteiger partial charge in [0.15, 0.2) is 0 Å². The minimum absolute atomic E-state index is 0. The lowest BCUT2D eigenvalue weighted by molar-refractivity contribution is -0.919. The third-order valence-corrected chi connectivity index (χ3v) is 6.48. The largest absolute Gasteiger partial charge is 1.00 e. The van der Waals surface area contributed by atoms with E-state index in [1.54, 1.807) is 23.1 Å². The van der Waals surface area contributed by atoms with E-state index in [1.807, 2.05) is 0 Å². The fourth-order valence-electron chi connectivity index (χ4n) is 5.46. The summed E-state index contributed by atoms with van der Waals surface area (Å²) in [5, 5.41) is 0. The highest BCUT2D eigenvalue weighted by Gasteiger charge is 2.55. The van der Waals surface area contributed by atoms with Crippen molar-refractivity contribution in [1.82, 2.24) is 0 Å². The maximum atomic E-state index is 5.51. The van der Waals surface area contributed by atoms with Crippen LogP contribution in [0.15, 0.2) is 18.2 Å². The number of nitrogens with one attached hydrogen (secondary N) is 1. The van der Waals surface area contributed by atoms with E-state index < -0.39 is 0 Å². The van der Waals surface area contributed by atoms with Crippen LogP contribution >= 0.6 is 0 Å². The Morgan fingerprint density at radius 3 is 2.82 bits per heavy atom. The Morgan fingerprint density at radius 1 is 1.23 bits per heavy atom. The van der Waals surface area contributed by atoms with Crippen LogP contribution in [0.4, 0.5) is 0 Å². The zero-order valence-electron chi connectivity index (χ0n) is 13.6. The smallest absolute Gasteiger partial charge is 0.119 e. The summed E-state index contributed by atoms with van der Waals surface area (Å²) in [6.07, 6.45) is 8.35. The molecule has 3 N–H and O–H groups in total. The number of methoxy groups -OCH3 is 1. The van der Waals surface area contributed by atoms with Gasteiger partial charge < -0.3 is 32.1 Å². The van der Waals surface area contributed by atoms with E-state index in [-0.39, 0.29) is 22.5 Å². The van der Waals surface area contributed by atoms with Crippen LogP contribution in [-0.4, -0.2) is 32.2 Å². The molecule has 2 bridgehead atoms. The van der Waals surface area contributed by atoms with Crippen molar-refractivity contribution in [3.8, 4) is 5.75 Å². The number of fused-ring (bicyclic) bond motifs is 1. The lowest BCUT2D eigenvalue weighted by atomic mass is 9.52. The molecule has 3 aliphatic rings. The topological polar surface area (TPSA) is 45.2 Å². The summed E-state index contributed by atoms with van der Waals surface area (Å²) in [6, 6.07) is 7.71. The molecular weight excluding hydrogens is 342 g/mol. The highest BCUT2D eigenvalue weighted by atomic mass is 79.9. The number of hydrogen-bond donors (Lipinski definition) is 1. The Labute approximate surface area is 144 Å². The molecule has 0 aromatic heterocycles. The third-order valence-electron chi connectivity index (χ3n) is 6.48. The highest BCUT2D eigenvalue weighted by Crippen LogP contribution is 2.53. The van der Waals surface area contributed by atoms with Gasteiger partial charge in [0.05, 0.1) is 26.7 Å². The minimum atomic E-state index is 0. The molecule has 4 unspecified atom stereocenters. The van der Waals surface area contributed by atoms with Crippen LogP contribution in [0.25, 0.3) is 0 Å². The lowest BCUT2D eigenvalue weighted by Gasteiger charge is -2.56. The molecule has 2 fully saturated rings. The van der Waals surface area contributed by atoms with Gasteiger partial charge in [0.1, 0.15) is 5.75 Å². The molecule has 0 amide bonds. The number of rotatable bonds is 1. The molecule has 1 aliphatic heterocycles. The number of hydrogen-bond acceptors (Lipinski definition) is 1. The van der Waals surface area contributed by atoms with Gasteiger partial charge >= 0.3 is 0 Å². The molecule has 1 aromatic rings. The predicted octanol–water partition coefficient (Wildman–Crippen LogP) is -1.85. The summed E-state index contributed by atoms with van der Waals surface area (Å²) in [5.41, 5.74) is 3.73. The maximum absolute atomic E-state index is 5.51. The van der Waals surface area contributed by atoms with Gasteiger partial charge in [-0.2, -0.15) is 0 Å². The highest BCUT2D eigenvalue weighted by molar-refractivity contribution is 5.44. The van der Waals surface area contributed by atoms with Gasteiger partial charge in [-0.1, -0.05) is 18.9 Å². The van der Waals surface area contributed by atoms with Crippen LogP contribution in [-0.2, 0) is 11.8 Å². The molecule has 1 aromatic carbocycles. The number of likely N-dealkylation sites (N-methyl/N-ethyl adjacent to an activating group) is 1. The summed E-state index contributed by atoms with van der Waals surface area (Å²) < 4.78 is 5.51. The summed E-state index contributed by atoms with van der Waals surface area (Å²) in [5.74, 6) is 1.96. The van der Waals surface area contributed by atoms with E-state index in [0.717, 1.165) is 17.7 Å².